The molecule has 1 unspecified atom stereocenters. The van der Waals surface area contributed by atoms with Crippen LogP contribution in [0.4, 0.5) is 0 Å². The molecule has 0 aromatic heterocycles. The van der Waals surface area contributed by atoms with E-state index < -0.39 is 17.9 Å². The van der Waals surface area contributed by atoms with Crippen molar-refractivity contribution in [3.8, 4) is 11.5 Å². The number of hydrogen-bond acceptors (Lipinski definition) is 5. The lowest BCUT2D eigenvalue weighted by Crippen LogP contribution is -2.42. The molecule has 1 amide bonds. The normalized spacial score (nSPS) is 12.4. The minimum absolute atomic E-state index is 0.165. The molecule has 2 N–H and O–H groups in total. The van der Waals surface area contributed by atoms with Gasteiger partial charge < -0.3 is 24.6 Å². The molecule has 0 saturated heterocycles. The van der Waals surface area contributed by atoms with Crippen LogP contribution in [0.1, 0.15) is 43.1 Å². The Morgan fingerprint density at radius 1 is 1.16 bits per heavy atom. The molecule has 0 aliphatic heterocycles. The molecule has 1 atom stereocenters. The van der Waals surface area contributed by atoms with E-state index in [-0.39, 0.29) is 24.2 Å². The molecular formula is C18H27NO6. The highest BCUT2D eigenvalue weighted by Crippen LogP contribution is 2.29. The van der Waals surface area contributed by atoms with Gasteiger partial charge in [-0.2, -0.15) is 0 Å². The van der Waals surface area contributed by atoms with Crippen LogP contribution in [0.25, 0.3) is 0 Å². The molecule has 0 spiro atoms. The maximum atomic E-state index is 12.4. The lowest BCUT2D eigenvalue weighted by molar-refractivity contribution is -0.140. The highest BCUT2D eigenvalue weighted by molar-refractivity contribution is 5.97. The smallest absolute Gasteiger partial charge is 0.326 e. The van der Waals surface area contributed by atoms with Gasteiger partial charge in [0.25, 0.3) is 5.91 Å². The zero-order chi connectivity index (χ0) is 19.2. The first-order chi connectivity index (χ1) is 11.6. The maximum Gasteiger partial charge on any atom is 0.326 e. The molecule has 0 aliphatic rings. The quantitative estimate of drug-likeness (QED) is 0.745. The van der Waals surface area contributed by atoms with E-state index >= 15 is 0 Å². The molecule has 1 rings (SSSR count). The molecule has 7 nitrogen and oxygen atoms in total. The first-order valence-electron chi connectivity index (χ1n) is 7.99. The standard InChI is InChI=1S/C18H27NO6/c1-11-14(23-5)9-12(10-15(11)24-6)16(20)19-13(17(21)22)7-8-25-18(2,3)4/h9-10,13H,7-8H2,1-6H3,(H,19,20)(H,21,22). The average Bonchev–Trinajstić information content (AvgIpc) is 2.52. The van der Waals surface area contributed by atoms with Crippen molar-refractivity contribution in [3.05, 3.63) is 23.3 Å². The fraction of sp³-hybridized carbons (Fsp3) is 0.556. The van der Waals surface area contributed by atoms with Gasteiger partial charge in [0.05, 0.1) is 19.8 Å². The monoisotopic (exact) mass is 353 g/mol. The second kappa shape index (κ2) is 8.71. The topological polar surface area (TPSA) is 94.1 Å². The van der Waals surface area contributed by atoms with Crippen LogP contribution in [0.3, 0.4) is 0 Å². The van der Waals surface area contributed by atoms with Gasteiger partial charge in [0.1, 0.15) is 17.5 Å². The highest BCUT2D eigenvalue weighted by atomic mass is 16.5. The molecule has 0 bridgehead atoms. The lowest BCUT2D eigenvalue weighted by atomic mass is 10.1. The fourth-order valence-corrected chi connectivity index (χ4v) is 2.20. The summed E-state index contributed by atoms with van der Waals surface area (Å²) in [5.74, 6) is -0.642. The van der Waals surface area contributed by atoms with Gasteiger partial charge in [0.15, 0.2) is 0 Å². The molecule has 0 saturated carbocycles. The Balaban J connectivity index is 2.88. The Kier molecular flexibility index (Phi) is 7.23. The highest BCUT2D eigenvalue weighted by Gasteiger charge is 2.23. The van der Waals surface area contributed by atoms with Gasteiger partial charge in [0, 0.05) is 24.2 Å². The van der Waals surface area contributed by atoms with E-state index in [1.165, 1.54) is 14.2 Å². The molecule has 140 valence electrons. The molecule has 25 heavy (non-hydrogen) atoms. The predicted octanol–water partition coefficient (Wildman–Crippen LogP) is 2.40. The Morgan fingerprint density at radius 2 is 1.68 bits per heavy atom. The number of ether oxygens (including phenoxy) is 3. The zero-order valence-electron chi connectivity index (χ0n) is 15.6. The van der Waals surface area contributed by atoms with Crippen molar-refractivity contribution in [2.75, 3.05) is 20.8 Å². The summed E-state index contributed by atoms with van der Waals surface area (Å²) in [5.41, 5.74) is 0.655. The van der Waals surface area contributed by atoms with Crippen LogP contribution in [0.2, 0.25) is 0 Å². The summed E-state index contributed by atoms with van der Waals surface area (Å²) in [7, 11) is 2.99. The Hall–Kier alpha value is -2.28. The number of carbonyl (C=O) groups is 2. The van der Waals surface area contributed by atoms with Crippen molar-refractivity contribution in [2.24, 2.45) is 0 Å². The minimum Gasteiger partial charge on any atom is -0.496 e. The van der Waals surface area contributed by atoms with Crippen molar-refractivity contribution in [2.45, 2.75) is 45.8 Å². The van der Waals surface area contributed by atoms with Gasteiger partial charge in [-0.1, -0.05) is 0 Å². The number of carbonyl (C=O) groups excluding carboxylic acids is 1. The van der Waals surface area contributed by atoms with E-state index in [9.17, 15) is 14.7 Å². The SMILES string of the molecule is COc1cc(C(=O)NC(CCOC(C)(C)C)C(=O)O)cc(OC)c1C. The summed E-state index contributed by atoms with van der Waals surface area (Å²) < 4.78 is 16.0. The van der Waals surface area contributed by atoms with Crippen LogP contribution in [-0.2, 0) is 9.53 Å². The van der Waals surface area contributed by atoms with Crippen LogP contribution >= 0.6 is 0 Å². The molecule has 1 aromatic rings. The number of nitrogens with one attached hydrogen (secondary N) is 1. The van der Waals surface area contributed by atoms with Crippen LogP contribution in [0.15, 0.2) is 12.1 Å². The largest absolute Gasteiger partial charge is 0.496 e. The summed E-state index contributed by atoms with van der Waals surface area (Å²) in [6.07, 6.45) is 0.165. The average molecular weight is 353 g/mol. The van der Waals surface area contributed by atoms with Crippen molar-refractivity contribution >= 4 is 11.9 Å². The van der Waals surface area contributed by atoms with Gasteiger partial charge in [-0.3, -0.25) is 4.79 Å². The van der Waals surface area contributed by atoms with Gasteiger partial charge in [-0.15, -0.1) is 0 Å². The lowest BCUT2D eigenvalue weighted by Gasteiger charge is -2.21. The summed E-state index contributed by atoms with van der Waals surface area (Å²) in [5, 5.41) is 11.8. The molecule has 0 radical (unpaired) electrons. The van der Waals surface area contributed by atoms with Crippen molar-refractivity contribution in [3.63, 3.8) is 0 Å². The number of carboxylic acids is 1. The first kappa shape index (κ1) is 20.8. The summed E-state index contributed by atoms with van der Waals surface area (Å²) >= 11 is 0. The third-order valence-electron chi connectivity index (χ3n) is 3.56. The van der Waals surface area contributed by atoms with Crippen molar-refractivity contribution < 1.29 is 28.9 Å². The summed E-state index contributed by atoms with van der Waals surface area (Å²) in [6, 6.07) is 2.06. The third-order valence-corrected chi connectivity index (χ3v) is 3.56. The Morgan fingerprint density at radius 3 is 2.08 bits per heavy atom. The van der Waals surface area contributed by atoms with E-state index in [1.54, 1.807) is 12.1 Å². The van der Waals surface area contributed by atoms with Crippen LogP contribution in [-0.4, -0.2) is 49.5 Å². The zero-order valence-corrected chi connectivity index (χ0v) is 15.6. The fourth-order valence-electron chi connectivity index (χ4n) is 2.20. The molecule has 7 heteroatoms. The molecule has 0 heterocycles. The predicted molar refractivity (Wildman–Crippen MR) is 93.5 cm³/mol. The first-order valence-corrected chi connectivity index (χ1v) is 7.99. The van der Waals surface area contributed by atoms with Gasteiger partial charge >= 0.3 is 5.97 Å². The number of methoxy groups -OCH3 is 2. The number of carboxylic acid groups (broad SMARTS) is 1. The van der Waals surface area contributed by atoms with Gasteiger partial charge in [-0.05, 0) is 39.8 Å². The molecule has 0 fully saturated rings. The second-order valence-electron chi connectivity index (χ2n) is 6.62. The molecule has 1 aromatic carbocycles. The molecule has 0 aliphatic carbocycles. The summed E-state index contributed by atoms with van der Waals surface area (Å²) in [4.78, 5) is 23.8. The Labute approximate surface area is 148 Å². The van der Waals surface area contributed by atoms with Crippen molar-refractivity contribution in [1.29, 1.82) is 0 Å². The van der Waals surface area contributed by atoms with Crippen LogP contribution in [0, 0.1) is 6.92 Å². The minimum atomic E-state index is -1.11. The second-order valence-corrected chi connectivity index (χ2v) is 6.62. The van der Waals surface area contributed by atoms with E-state index in [1.807, 2.05) is 27.7 Å². The number of aliphatic carboxylic acids is 1. The van der Waals surface area contributed by atoms with Crippen LogP contribution in [0.5, 0.6) is 11.5 Å². The Bertz CT molecular complexity index is 595. The third kappa shape index (κ3) is 6.26. The van der Waals surface area contributed by atoms with Gasteiger partial charge in [0.2, 0.25) is 0 Å². The van der Waals surface area contributed by atoms with E-state index in [0.717, 1.165) is 5.56 Å². The van der Waals surface area contributed by atoms with E-state index in [0.29, 0.717) is 11.5 Å². The number of benzene rings is 1. The molecular weight excluding hydrogens is 326 g/mol. The van der Waals surface area contributed by atoms with E-state index in [2.05, 4.69) is 5.32 Å². The number of hydrogen-bond donors (Lipinski definition) is 2. The van der Waals surface area contributed by atoms with Gasteiger partial charge in [-0.25, -0.2) is 4.79 Å². The van der Waals surface area contributed by atoms with E-state index in [4.69, 9.17) is 14.2 Å². The van der Waals surface area contributed by atoms with Crippen LogP contribution < -0.4 is 14.8 Å². The number of amides is 1. The van der Waals surface area contributed by atoms with Crippen molar-refractivity contribution in [1.82, 2.24) is 5.32 Å². The number of rotatable bonds is 8. The summed E-state index contributed by atoms with van der Waals surface area (Å²) in [6.45, 7) is 7.68. The maximum absolute atomic E-state index is 12.4.